The molecule has 1 aromatic rings. The van der Waals surface area contributed by atoms with Gasteiger partial charge in [-0.25, -0.2) is 13.4 Å². The quantitative estimate of drug-likeness (QED) is 0.856. The number of rotatable bonds is 4. The highest BCUT2D eigenvalue weighted by Gasteiger charge is 2.25. The van der Waals surface area contributed by atoms with Crippen LogP contribution in [0.3, 0.4) is 0 Å². The summed E-state index contributed by atoms with van der Waals surface area (Å²) in [6, 6.07) is 0. The minimum absolute atomic E-state index is 0.0233. The summed E-state index contributed by atoms with van der Waals surface area (Å²) in [5, 5.41) is 3.73. The van der Waals surface area contributed by atoms with Gasteiger partial charge in [-0.15, -0.1) is 0 Å². The predicted molar refractivity (Wildman–Crippen MR) is 73.9 cm³/mol. The molecule has 1 fully saturated rings. The zero-order chi connectivity index (χ0) is 13.3. The maximum absolute atomic E-state index is 12.0. The van der Waals surface area contributed by atoms with Crippen LogP contribution in [0.2, 0.25) is 0 Å². The first-order valence-electron chi connectivity index (χ1n) is 6.44. The lowest BCUT2D eigenvalue weighted by molar-refractivity contribution is 0.127. The van der Waals surface area contributed by atoms with Crippen molar-refractivity contribution in [1.29, 1.82) is 0 Å². The number of anilines is 1. The van der Waals surface area contributed by atoms with Gasteiger partial charge in [0.25, 0.3) is 0 Å². The van der Waals surface area contributed by atoms with E-state index < -0.39 is 10.0 Å². The van der Waals surface area contributed by atoms with Crippen molar-refractivity contribution >= 4 is 26.5 Å². The van der Waals surface area contributed by atoms with Crippen LogP contribution >= 0.6 is 11.3 Å². The van der Waals surface area contributed by atoms with Crippen molar-refractivity contribution in [2.24, 2.45) is 0 Å². The topological polar surface area (TPSA) is 80.3 Å². The number of nitrogens with zero attached hydrogens (tertiary/aromatic N) is 1. The molecule has 1 aromatic heterocycles. The Hall–Kier alpha value is -0.700. The van der Waals surface area contributed by atoms with Crippen molar-refractivity contribution in [3.63, 3.8) is 0 Å². The van der Waals surface area contributed by atoms with Gasteiger partial charge in [0.15, 0.2) is 5.13 Å². The molecule has 2 aliphatic heterocycles. The largest absolute Gasteiger partial charge is 0.377 e. The molecule has 1 saturated heterocycles. The van der Waals surface area contributed by atoms with Crippen LogP contribution in [0.15, 0.2) is 0 Å². The van der Waals surface area contributed by atoms with E-state index in [0.717, 1.165) is 42.9 Å². The Kier molecular flexibility index (Phi) is 3.75. The summed E-state index contributed by atoms with van der Waals surface area (Å²) in [6.07, 6.45) is 2.45. The molecule has 8 heteroatoms. The number of nitrogens with one attached hydrogen (secondary N) is 2. The van der Waals surface area contributed by atoms with Crippen LogP contribution in [-0.2, 0) is 27.7 Å². The summed E-state index contributed by atoms with van der Waals surface area (Å²) in [5.41, 5.74) is 1.01. The smallest absolute Gasteiger partial charge is 0.237 e. The number of thiazole rings is 1. The van der Waals surface area contributed by atoms with E-state index in [-0.39, 0.29) is 11.9 Å². The predicted octanol–water partition coefficient (Wildman–Crippen LogP) is 0.709. The molecular formula is C11H17N3O3S2. The molecule has 1 unspecified atom stereocenters. The summed E-state index contributed by atoms with van der Waals surface area (Å²) in [5.74, 6) is 0.0233. The second kappa shape index (κ2) is 5.35. The number of hydrogen-bond acceptors (Lipinski definition) is 6. The molecule has 0 aromatic carbocycles. The van der Waals surface area contributed by atoms with E-state index in [4.69, 9.17) is 4.74 Å². The lowest BCUT2D eigenvalue weighted by Gasteiger charge is -2.10. The summed E-state index contributed by atoms with van der Waals surface area (Å²) in [7, 11) is -3.37. The first kappa shape index (κ1) is 13.3. The highest BCUT2D eigenvalue weighted by Crippen LogP contribution is 2.26. The van der Waals surface area contributed by atoms with Gasteiger partial charge in [-0.3, -0.25) is 4.72 Å². The van der Waals surface area contributed by atoms with Crippen LogP contribution in [0.1, 0.15) is 23.4 Å². The molecule has 0 aliphatic carbocycles. The minimum Gasteiger partial charge on any atom is -0.377 e. The fraction of sp³-hybridized carbons (Fsp3) is 0.727. The summed E-state index contributed by atoms with van der Waals surface area (Å²) in [4.78, 5) is 5.48. The van der Waals surface area contributed by atoms with Gasteiger partial charge in [0.1, 0.15) is 0 Å². The SMILES string of the molecule is O=S(=O)(CC1CCCO1)Nc1nc2c(s1)CNCC2. The fourth-order valence-corrected chi connectivity index (χ4v) is 4.89. The van der Waals surface area contributed by atoms with Crippen LogP contribution < -0.4 is 10.0 Å². The molecule has 0 spiro atoms. The van der Waals surface area contributed by atoms with Gasteiger partial charge in [-0.05, 0) is 12.8 Å². The van der Waals surface area contributed by atoms with Crippen molar-refractivity contribution in [2.45, 2.75) is 31.9 Å². The first-order chi connectivity index (χ1) is 9.12. The molecular weight excluding hydrogens is 286 g/mol. The van der Waals surface area contributed by atoms with Gasteiger partial charge in [0.2, 0.25) is 10.0 Å². The molecule has 2 N–H and O–H groups in total. The molecule has 1 atom stereocenters. The van der Waals surface area contributed by atoms with Gasteiger partial charge in [0, 0.05) is 31.0 Å². The zero-order valence-electron chi connectivity index (χ0n) is 10.5. The molecule has 0 radical (unpaired) electrons. The zero-order valence-corrected chi connectivity index (χ0v) is 12.1. The van der Waals surface area contributed by atoms with Crippen molar-refractivity contribution in [3.05, 3.63) is 10.6 Å². The van der Waals surface area contributed by atoms with Gasteiger partial charge in [0.05, 0.1) is 17.6 Å². The normalized spacial score (nSPS) is 23.3. The lowest BCUT2D eigenvalue weighted by Crippen LogP contribution is -2.25. The third-order valence-corrected chi connectivity index (χ3v) is 5.73. The van der Waals surface area contributed by atoms with Crippen molar-refractivity contribution < 1.29 is 13.2 Å². The first-order valence-corrected chi connectivity index (χ1v) is 8.91. The van der Waals surface area contributed by atoms with E-state index in [1.54, 1.807) is 0 Å². The van der Waals surface area contributed by atoms with Crippen LogP contribution in [0.5, 0.6) is 0 Å². The summed E-state index contributed by atoms with van der Waals surface area (Å²) in [6.45, 7) is 2.34. The molecule has 19 heavy (non-hydrogen) atoms. The molecule has 3 rings (SSSR count). The monoisotopic (exact) mass is 303 g/mol. The van der Waals surface area contributed by atoms with Crippen molar-refractivity contribution in [3.8, 4) is 0 Å². The second-order valence-corrected chi connectivity index (χ2v) is 7.68. The third kappa shape index (κ3) is 3.25. The second-order valence-electron chi connectivity index (χ2n) is 4.83. The summed E-state index contributed by atoms with van der Waals surface area (Å²) >= 11 is 1.42. The molecule has 0 amide bonds. The fourth-order valence-electron chi connectivity index (χ4n) is 2.36. The van der Waals surface area contributed by atoms with Gasteiger partial charge >= 0.3 is 0 Å². The minimum atomic E-state index is -3.37. The molecule has 3 heterocycles. The Morgan fingerprint density at radius 1 is 1.53 bits per heavy atom. The van der Waals surface area contributed by atoms with E-state index in [9.17, 15) is 8.42 Å². The van der Waals surface area contributed by atoms with Crippen molar-refractivity contribution in [1.82, 2.24) is 10.3 Å². The van der Waals surface area contributed by atoms with E-state index in [1.807, 2.05) is 0 Å². The summed E-state index contributed by atoms with van der Waals surface area (Å²) < 4.78 is 32.0. The van der Waals surface area contributed by atoms with Crippen LogP contribution in [0.25, 0.3) is 0 Å². The Labute approximate surface area is 116 Å². The average molecular weight is 303 g/mol. The Bertz CT molecular complexity index is 526. The number of hydrogen-bond donors (Lipinski definition) is 2. The number of sulfonamides is 1. The number of fused-ring (bicyclic) bond motifs is 1. The van der Waals surface area contributed by atoms with E-state index in [2.05, 4.69) is 15.0 Å². The van der Waals surface area contributed by atoms with Crippen molar-refractivity contribution in [2.75, 3.05) is 23.6 Å². The average Bonchev–Trinajstić information content (AvgIpc) is 2.95. The Balaban J connectivity index is 1.67. The van der Waals surface area contributed by atoms with E-state index in [1.165, 1.54) is 11.3 Å². The highest BCUT2D eigenvalue weighted by atomic mass is 32.2. The molecule has 0 bridgehead atoms. The lowest BCUT2D eigenvalue weighted by atomic mass is 10.2. The number of ether oxygens (including phenoxy) is 1. The Morgan fingerprint density at radius 2 is 2.42 bits per heavy atom. The highest BCUT2D eigenvalue weighted by molar-refractivity contribution is 7.92. The van der Waals surface area contributed by atoms with Crippen LogP contribution in [0.4, 0.5) is 5.13 Å². The van der Waals surface area contributed by atoms with Crippen LogP contribution in [-0.4, -0.2) is 38.4 Å². The van der Waals surface area contributed by atoms with E-state index >= 15 is 0 Å². The molecule has 106 valence electrons. The molecule has 2 aliphatic rings. The third-order valence-electron chi connectivity index (χ3n) is 3.27. The molecule has 6 nitrogen and oxygen atoms in total. The van der Waals surface area contributed by atoms with Gasteiger partial charge < -0.3 is 10.1 Å². The maximum atomic E-state index is 12.0. The van der Waals surface area contributed by atoms with Gasteiger partial charge in [-0.2, -0.15) is 0 Å². The standard InChI is InChI=1S/C11H17N3O3S2/c15-19(16,7-8-2-1-5-17-8)14-11-13-9-3-4-12-6-10(9)18-11/h8,12H,1-7H2,(H,13,14). The number of aromatic nitrogens is 1. The van der Waals surface area contributed by atoms with E-state index in [0.29, 0.717) is 11.7 Å². The van der Waals surface area contributed by atoms with Gasteiger partial charge in [-0.1, -0.05) is 11.3 Å². The van der Waals surface area contributed by atoms with Crippen LogP contribution in [0, 0.1) is 0 Å². The molecule has 0 saturated carbocycles. The maximum Gasteiger partial charge on any atom is 0.237 e. The Morgan fingerprint density at radius 3 is 3.16 bits per heavy atom.